The van der Waals surface area contributed by atoms with Gasteiger partial charge < -0.3 is 11.1 Å². The quantitative estimate of drug-likeness (QED) is 0.890. The van der Waals surface area contributed by atoms with E-state index in [-0.39, 0.29) is 11.9 Å². The van der Waals surface area contributed by atoms with Gasteiger partial charge in [-0.15, -0.1) is 11.8 Å². The molecule has 1 amide bonds. The van der Waals surface area contributed by atoms with E-state index in [1.807, 2.05) is 19.1 Å². The Bertz CT molecular complexity index is 658. The molecule has 0 radical (unpaired) electrons. The summed E-state index contributed by atoms with van der Waals surface area (Å²) in [6, 6.07) is 7.59. The van der Waals surface area contributed by atoms with E-state index < -0.39 is 0 Å². The van der Waals surface area contributed by atoms with Crippen LogP contribution in [0.5, 0.6) is 0 Å². The fourth-order valence-electron chi connectivity index (χ4n) is 2.27. The van der Waals surface area contributed by atoms with E-state index in [1.54, 1.807) is 36.3 Å². The average Bonchev–Trinajstić information content (AvgIpc) is 2.80. The number of carbonyl (C=O) groups excluding carboxylic acids is 1. The molecule has 1 unspecified atom stereocenters. The van der Waals surface area contributed by atoms with Gasteiger partial charge in [0.05, 0.1) is 0 Å². The molecule has 1 atom stereocenters. The number of aryl methyl sites for hydroxylation is 1. The Morgan fingerprint density at radius 2 is 2.15 bits per heavy atom. The molecule has 1 aliphatic heterocycles. The van der Waals surface area contributed by atoms with Crippen LogP contribution in [0.15, 0.2) is 41.6 Å². The molecule has 5 heteroatoms. The molecular formula is C15H15N3OS. The summed E-state index contributed by atoms with van der Waals surface area (Å²) < 4.78 is 0. The van der Waals surface area contributed by atoms with Crippen LogP contribution < -0.4 is 11.1 Å². The van der Waals surface area contributed by atoms with E-state index in [4.69, 9.17) is 5.73 Å². The first-order valence-corrected chi connectivity index (χ1v) is 7.38. The van der Waals surface area contributed by atoms with E-state index in [2.05, 4.69) is 10.3 Å². The van der Waals surface area contributed by atoms with Crippen LogP contribution in [0.2, 0.25) is 0 Å². The number of hydrogen-bond donors (Lipinski definition) is 2. The molecule has 0 bridgehead atoms. The zero-order valence-electron chi connectivity index (χ0n) is 11.1. The third-order valence-electron chi connectivity index (χ3n) is 3.36. The molecule has 0 saturated carbocycles. The normalized spacial score (nSPS) is 16.8. The summed E-state index contributed by atoms with van der Waals surface area (Å²) in [6.45, 7) is 1.94. The van der Waals surface area contributed by atoms with Crippen LogP contribution in [0.3, 0.4) is 0 Å². The first-order valence-electron chi connectivity index (χ1n) is 6.39. The van der Waals surface area contributed by atoms with Crippen LogP contribution in [0.1, 0.15) is 27.5 Å². The Morgan fingerprint density at radius 1 is 1.40 bits per heavy atom. The van der Waals surface area contributed by atoms with Crippen molar-refractivity contribution in [2.45, 2.75) is 17.9 Å². The Kier molecular flexibility index (Phi) is 3.46. The summed E-state index contributed by atoms with van der Waals surface area (Å²) >= 11 is 1.71. The van der Waals surface area contributed by atoms with Gasteiger partial charge in [-0.3, -0.25) is 9.78 Å². The summed E-state index contributed by atoms with van der Waals surface area (Å²) in [5, 5.41) is 2.88. The highest BCUT2D eigenvalue weighted by molar-refractivity contribution is 7.99. The number of fused-ring (bicyclic) bond motifs is 1. The minimum Gasteiger partial charge on any atom is -0.323 e. The molecule has 2 heterocycles. The number of hydrogen-bond acceptors (Lipinski definition) is 4. The third-order valence-corrected chi connectivity index (χ3v) is 4.55. The van der Waals surface area contributed by atoms with Crippen molar-refractivity contribution in [1.82, 2.24) is 4.98 Å². The number of carbonyl (C=O) groups is 1. The predicted molar refractivity (Wildman–Crippen MR) is 81.0 cm³/mol. The zero-order chi connectivity index (χ0) is 14.1. The predicted octanol–water partition coefficient (Wildman–Crippen LogP) is 2.75. The van der Waals surface area contributed by atoms with Gasteiger partial charge in [0.1, 0.15) is 0 Å². The van der Waals surface area contributed by atoms with Gasteiger partial charge in [0, 0.05) is 40.3 Å². The van der Waals surface area contributed by atoms with Crippen LogP contribution in [-0.4, -0.2) is 16.6 Å². The Balaban J connectivity index is 1.89. The summed E-state index contributed by atoms with van der Waals surface area (Å²) in [5.41, 5.74) is 9.58. The van der Waals surface area contributed by atoms with Crippen LogP contribution >= 0.6 is 11.8 Å². The molecule has 0 aliphatic carbocycles. The van der Waals surface area contributed by atoms with Gasteiger partial charge in [0.25, 0.3) is 5.91 Å². The summed E-state index contributed by atoms with van der Waals surface area (Å²) in [7, 11) is 0. The van der Waals surface area contributed by atoms with Crippen molar-refractivity contribution in [2.75, 3.05) is 11.1 Å². The molecule has 0 saturated heterocycles. The summed E-state index contributed by atoms with van der Waals surface area (Å²) in [6.07, 6.45) is 3.31. The Hall–Kier alpha value is -1.85. The molecule has 20 heavy (non-hydrogen) atoms. The Morgan fingerprint density at radius 3 is 2.90 bits per heavy atom. The third kappa shape index (κ3) is 2.42. The molecular weight excluding hydrogens is 270 g/mol. The number of benzene rings is 1. The fourth-order valence-corrected chi connectivity index (χ4v) is 3.39. The van der Waals surface area contributed by atoms with Crippen molar-refractivity contribution < 1.29 is 4.79 Å². The lowest BCUT2D eigenvalue weighted by Gasteiger charge is -2.11. The first kappa shape index (κ1) is 13.1. The molecule has 1 aliphatic rings. The maximum absolute atomic E-state index is 12.3. The maximum Gasteiger partial charge on any atom is 0.255 e. The van der Waals surface area contributed by atoms with E-state index in [0.29, 0.717) is 5.56 Å². The van der Waals surface area contributed by atoms with E-state index in [9.17, 15) is 4.79 Å². The van der Waals surface area contributed by atoms with Crippen molar-refractivity contribution in [2.24, 2.45) is 5.73 Å². The smallest absolute Gasteiger partial charge is 0.255 e. The summed E-state index contributed by atoms with van der Waals surface area (Å²) in [4.78, 5) is 17.4. The molecule has 0 spiro atoms. The van der Waals surface area contributed by atoms with Crippen molar-refractivity contribution in [3.8, 4) is 0 Å². The van der Waals surface area contributed by atoms with Crippen molar-refractivity contribution in [1.29, 1.82) is 0 Å². The highest BCUT2D eigenvalue weighted by atomic mass is 32.2. The van der Waals surface area contributed by atoms with E-state index in [0.717, 1.165) is 27.5 Å². The average molecular weight is 285 g/mol. The fraction of sp³-hybridized carbons (Fsp3) is 0.200. The standard InChI is InChI=1S/C15H15N3OS/c1-9-6-12-13(16)8-20-14(12)7-11(9)15(19)18-10-2-4-17-5-3-10/h2-7,13H,8,16H2,1H3,(H,17,18,19). The van der Waals surface area contributed by atoms with Crippen molar-refractivity contribution in [3.05, 3.63) is 53.3 Å². The highest BCUT2D eigenvalue weighted by Crippen LogP contribution is 2.38. The van der Waals surface area contributed by atoms with Gasteiger partial charge in [-0.25, -0.2) is 0 Å². The number of nitrogens with one attached hydrogen (secondary N) is 1. The van der Waals surface area contributed by atoms with Crippen LogP contribution in [-0.2, 0) is 0 Å². The van der Waals surface area contributed by atoms with Crippen molar-refractivity contribution in [3.63, 3.8) is 0 Å². The van der Waals surface area contributed by atoms with Crippen LogP contribution in [0, 0.1) is 6.92 Å². The summed E-state index contributed by atoms with van der Waals surface area (Å²) in [5.74, 6) is 0.780. The molecule has 1 aromatic carbocycles. The topological polar surface area (TPSA) is 68.0 Å². The number of nitrogens with two attached hydrogens (primary N) is 1. The minimum absolute atomic E-state index is 0.0750. The second-order valence-corrected chi connectivity index (χ2v) is 5.87. The zero-order valence-corrected chi connectivity index (χ0v) is 11.9. The first-order chi connectivity index (χ1) is 9.65. The number of thioether (sulfide) groups is 1. The molecule has 3 rings (SSSR count). The molecule has 102 valence electrons. The second-order valence-electron chi connectivity index (χ2n) is 4.81. The lowest BCUT2D eigenvalue weighted by molar-refractivity contribution is 0.102. The van der Waals surface area contributed by atoms with Gasteiger partial charge in [-0.2, -0.15) is 0 Å². The maximum atomic E-state index is 12.3. The SMILES string of the molecule is Cc1cc2c(cc1C(=O)Nc1ccncc1)SCC2N. The lowest BCUT2D eigenvalue weighted by Crippen LogP contribution is -2.14. The second kappa shape index (κ2) is 5.26. The number of rotatable bonds is 2. The van der Waals surface area contributed by atoms with Gasteiger partial charge >= 0.3 is 0 Å². The van der Waals surface area contributed by atoms with Crippen molar-refractivity contribution >= 4 is 23.4 Å². The van der Waals surface area contributed by atoms with E-state index >= 15 is 0 Å². The molecule has 1 aromatic heterocycles. The molecule has 0 fully saturated rings. The molecule has 2 aromatic rings. The van der Waals surface area contributed by atoms with Crippen LogP contribution in [0.25, 0.3) is 0 Å². The lowest BCUT2D eigenvalue weighted by atomic mass is 10.0. The van der Waals surface area contributed by atoms with Gasteiger partial charge in [0.15, 0.2) is 0 Å². The largest absolute Gasteiger partial charge is 0.323 e. The minimum atomic E-state index is -0.0995. The van der Waals surface area contributed by atoms with E-state index in [1.165, 1.54) is 0 Å². The van der Waals surface area contributed by atoms with Gasteiger partial charge in [0.2, 0.25) is 0 Å². The number of nitrogens with zero attached hydrogens (tertiary/aromatic N) is 1. The highest BCUT2D eigenvalue weighted by Gasteiger charge is 2.22. The molecule has 4 nitrogen and oxygen atoms in total. The number of pyridine rings is 1. The number of aromatic nitrogens is 1. The van der Waals surface area contributed by atoms with Crippen LogP contribution in [0.4, 0.5) is 5.69 Å². The van der Waals surface area contributed by atoms with Gasteiger partial charge in [-0.05, 0) is 36.2 Å². The monoisotopic (exact) mass is 285 g/mol. The number of amides is 1. The van der Waals surface area contributed by atoms with Gasteiger partial charge in [-0.1, -0.05) is 6.07 Å². The Labute approximate surface area is 121 Å². The number of anilines is 1. The molecule has 3 N–H and O–H groups in total.